The van der Waals surface area contributed by atoms with Gasteiger partial charge in [0.2, 0.25) is 0 Å². The van der Waals surface area contributed by atoms with Crippen LogP contribution >= 0.6 is 0 Å². The molecule has 2 rings (SSSR count). The van der Waals surface area contributed by atoms with E-state index in [0.29, 0.717) is 12.1 Å². The molecule has 0 atom stereocenters. The minimum absolute atomic E-state index is 0.629. The number of aldehydes is 1. The number of aliphatic imine (C=N–C) groups is 1. The zero-order chi connectivity index (χ0) is 9.26. The number of rotatable bonds is 1. The van der Waals surface area contributed by atoms with E-state index in [1.54, 1.807) is 6.20 Å². The largest absolute Gasteiger partial charge is 0.328 e. The number of hydrogen-bond acceptors (Lipinski definition) is 3. The fraction of sp³-hybridized carbons (Fsp3) is 0.200. The summed E-state index contributed by atoms with van der Waals surface area (Å²) in [6, 6.07) is 0. The number of hydrogen-bond donors (Lipinski definition) is 0. The van der Waals surface area contributed by atoms with E-state index in [2.05, 4.69) is 4.99 Å². The van der Waals surface area contributed by atoms with Gasteiger partial charge in [-0.15, -0.1) is 0 Å². The minimum atomic E-state index is 0.629. The van der Waals surface area contributed by atoms with Crippen LogP contribution in [0.15, 0.2) is 40.7 Å². The monoisotopic (exact) mass is 174 g/mol. The van der Waals surface area contributed by atoms with Crippen LogP contribution in [-0.4, -0.2) is 23.6 Å². The first-order valence-corrected chi connectivity index (χ1v) is 4.15. The Balaban J connectivity index is 2.37. The van der Waals surface area contributed by atoms with E-state index in [1.165, 1.54) is 0 Å². The average Bonchev–Trinajstić information content (AvgIpc) is 2.18. The van der Waals surface area contributed by atoms with Gasteiger partial charge in [0.25, 0.3) is 0 Å². The highest BCUT2D eigenvalue weighted by atomic mass is 16.1. The molecule has 2 aliphatic heterocycles. The van der Waals surface area contributed by atoms with E-state index in [9.17, 15) is 4.79 Å². The van der Waals surface area contributed by atoms with Gasteiger partial charge in [0.15, 0.2) is 0 Å². The van der Waals surface area contributed by atoms with Gasteiger partial charge in [0.1, 0.15) is 12.1 Å². The molecule has 0 saturated carbocycles. The molecule has 66 valence electrons. The first kappa shape index (κ1) is 7.98. The molecule has 2 aliphatic rings. The van der Waals surface area contributed by atoms with Crippen molar-refractivity contribution in [2.75, 3.05) is 6.54 Å². The normalized spacial score (nSPS) is 20.1. The first-order chi connectivity index (χ1) is 6.31. The van der Waals surface area contributed by atoms with Gasteiger partial charge < -0.3 is 4.90 Å². The summed E-state index contributed by atoms with van der Waals surface area (Å²) in [4.78, 5) is 16.7. The maximum Gasteiger partial charge on any atom is 0.149 e. The Bertz CT molecular complexity index is 361. The second-order valence-electron chi connectivity index (χ2n) is 3.09. The van der Waals surface area contributed by atoms with Gasteiger partial charge in [-0.25, -0.2) is 4.99 Å². The first-order valence-electron chi connectivity index (χ1n) is 4.15. The molecule has 0 aromatic heterocycles. The molecule has 0 aromatic rings. The van der Waals surface area contributed by atoms with Crippen molar-refractivity contribution in [3.8, 4) is 0 Å². The Labute approximate surface area is 76.8 Å². The Morgan fingerprint density at radius 3 is 3.23 bits per heavy atom. The number of carbonyl (C=O) groups is 1. The van der Waals surface area contributed by atoms with Crippen molar-refractivity contribution in [1.29, 1.82) is 0 Å². The van der Waals surface area contributed by atoms with Gasteiger partial charge >= 0.3 is 0 Å². The number of carbonyl (C=O) groups excluding carboxylic acids is 1. The number of amidine groups is 1. The molecule has 0 aromatic carbocycles. The van der Waals surface area contributed by atoms with Crippen molar-refractivity contribution in [3.63, 3.8) is 0 Å². The molecular formula is C10H10N2O. The smallest absolute Gasteiger partial charge is 0.149 e. The standard InChI is InChI=1S/C10H10N2O/c1-8-3-2-4-12-6-9(7-13)5-11-10(8)12/h2-5,7H,6H2,1H3. The summed E-state index contributed by atoms with van der Waals surface area (Å²) in [6.45, 7) is 2.64. The zero-order valence-corrected chi connectivity index (χ0v) is 7.40. The number of fused-ring (bicyclic) bond motifs is 1. The van der Waals surface area contributed by atoms with Crippen LogP contribution < -0.4 is 0 Å². The molecule has 0 unspecified atom stereocenters. The SMILES string of the molecule is CC1=CC=CN2CC(C=O)=CN=C12. The van der Waals surface area contributed by atoms with E-state index < -0.39 is 0 Å². The van der Waals surface area contributed by atoms with E-state index >= 15 is 0 Å². The highest BCUT2D eigenvalue weighted by Gasteiger charge is 2.17. The summed E-state index contributed by atoms with van der Waals surface area (Å²) in [5.41, 5.74) is 1.84. The maximum atomic E-state index is 10.5. The Morgan fingerprint density at radius 2 is 2.46 bits per heavy atom. The van der Waals surface area contributed by atoms with Crippen LogP contribution in [0.5, 0.6) is 0 Å². The fourth-order valence-corrected chi connectivity index (χ4v) is 1.42. The summed E-state index contributed by atoms with van der Waals surface area (Å²) in [5, 5.41) is 0. The Hall–Kier alpha value is -1.64. The van der Waals surface area contributed by atoms with Crippen LogP contribution in [-0.2, 0) is 4.79 Å². The van der Waals surface area contributed by atoms with Crippen LogP contribution in [0.4, 0.5) is 0 Å². The van der Waals surface area contributed by atoms with Gasteiger partial charge in [0, 0.05) is 18.0 Å². The van der Waals surface area contributed by atoms with Crippen molar-refractivity contribution < 1.29 is 4.79 Å². The van der Waals surface area contributed by atoms with Gasteiger partial charge in [-0.1, -0.05) is 6.08 Å². The van der Waals surface area contributed by atoms with Crippen molar-refractivity contribution >= 4 is 12.1 Å². The summed E-state index contributed by atoms with van der Waals surface area (Å²) in [6.07, 6.45) is 8.39. The average molecular weight is 174 g/mol. The Kier molecular flexibility index (Phi) is 1.85. The van der Waals surface area contributed by atoms with Crippen LogP contribution in [0.25, 0.3) is 0 Å². The molecule has 0 N–H and O–H groups in total. The zero-order valence-electron chi connectivity index (χ0n) is 7.40. The number of allylic oxidation sites excluding steroid dienone is 2. The third kappa shape index (κ3) is 1.33. The lowest BCUT2D eigenvalue weighted by molar-refractivity contribution is -0.105. The molecule has 0 fully saturated rings. The lowest BCUT2D eigenvalue weighted by Crippen LogP contribution is -2.32. The molecule has 0 saturated heterocycles. The summed E-state index contributed by atoms with van der Waals surface area (Å²) < 4.78 is 0. The quantitative estimate of drug-likeness (QED) is 0.560. The minimum Gasteiger partial charge on any atom is -0.328 e. The van der Waals surface area contributed by atoms with E-state index in [1.807, 2.05) is 30.2 Å². The molecular weight excluding hydrogens is 164 g/mol. The molecule has 2 heterocycles. The molecule has 3 heteroatoms. The number of nitrogens with zero attached hydrogens (tertiary/aromatic N) is 2. The second kappa shape index (κ2) is 3.01. The maximum absolute atomic E-state index is 10.5. The summed E-state index contributed by atoms with van der Waals surface area (Å²) in [7, 11) is 0. The van der Waals surface area contributed by atoms with Crippen LogP contribution in [0, 0.1) is 0 Å². The lowest BCUT2D eigenvalue weighted by atomic mass is 10.1. The fourth-order valence-electron chi connectivity index (χ4n) is 1.42. The van der Waals surface area contributed by atoms with E-state index in [4.69, 9.17) is 0 Å². The Morgan fingerprint density at radius 1 is 1.62 bits per heavy atom. The molecule has 0 bridgehead atoms. The lowest BCUT2D eigenvalue weighted by Gasteiger charge is -2.27. The summed E-state index contributed by atoms with van der Waals surface area (Å²) in [5.74, 6) is 0.938. The van der Waals surface area contributed by atoms with E-state index in [-0.39, 0.29) is 0 Å². The molecule has 13 heavy (non-hydrogen) atoms. The topological polar surface area (TPSA) is 32.7 Å². The van der Waals surface area contributed by atoms with Crippen molar-refractivity contribution in [2.45, 2.75) is 6.92 Å². The van der Waals surface area contributed by atoms with Crippen LogP contribution in [0.2, 0.25) is 0 Å². The van der Waals surface area contributed by atoms with Crippen molar-refractivity contribution in [3.05, 3.63) is 35.7 Å². The van der Waals surface area contributed by atoms with Gasteiger partial charge in [0.05, 0.1) is 6.54 Å². The van der Waals surface area contributed by atoms with E-state index in [0.717, 1.165) is 17.7 Å². The van der Waals surface area contributed by atoms with Crippen molar-refractivity contribution in [1.82, 2.24) is 4.90 Å². The van der Waals surface area contributed by atoms with Crippen LogP contribution in [0.1, 0.15) is 6.92 Å². The highest BCUT2D eigenvalue weighted by molar-refractivity contribution is 6.01. The second-order valence-corrected chi connectivity index (χ2v) is 3.09. The molecule has 0 radical (unpaired) electrons. The molecule has 0 spiro atoms. The van der Waals surface area contributed by atoms with Gasteiger partial charge in [-0.3, -0.25) is 4.79 Å². The third-order valence-corrected chi connectivity index (χ3v) is 2.09. The third-order valence-electron chi connectivity index (χ3n) is 2.09. The summed E-state index contributed by atoms with van der Waals surface area (Å²) >= 11 is 0. The molecule has 0 aliphatic carbocycles. The van der Waals surface area contributed by atoms with Crippen molar-refractivity contribution in [2.24, 2.45) is 4.99 Å². The predicted octanol–water partition coefficient (Wildman–Crippen LogP) is 1.26. The predicted molar refractivity (Wildman–Crippen MR) is 51.2 cm³/mol. The molecule has 0 amide bonds. The molecule has 3 nitrogen and oxygen atoms in total. The van der Waals surface area contributed by atoms with Gasteiger partial charge in [-0.05, 0) is 18.6 Å². The van der Waals surface area contributed by atoms with Gasteiger partial charge in [-0.2, -0.15) is 0 Å². The highest BCUT2D eigenvalue weighted by Crippen LogP contribution is 2.16. The van der Waals surface area contributed by atoms with Crippen LogP contribution in [0.3, 0.4) is 0 Å².